The molecule has 1 N–H and O–H groups in total. The van der Waals surface area contributed by atoms with Crippen LogP contribution in [0.5, 0.6) is 0 Å². The summed E-state index contributed by atoms with van der Waals surface area (Å²) in [5.74, 6) is -2.41. The van der Waals surface area contributed by atoms with E-state index in [0.29, 0.717) is 11.8 Å². The monoisotopic (exact) mass is 382 g/mol. The molecule has 1 amide bonds. The van der Waals surface area contributed by atoms with Gasteiger partial charge in [0.15, 0.2) is 0 Å². The lowest BCUT2D eigenvalue weighted by molar-refractivity contribution is -0.117. The van der Waals surface area contributed by atoms with Gasteiger partial charge in [-0.25, -0.2) is 17.2 Å². The Hall–Kier alpha value is -2.48. The summed E-state index contributed by atoms with van der Waals surface area (Å²) in [6.45, 7) is 3.46. The van der Waals surface area contributed by atoms with Gasteiger partial charge < -0.3 is 5.32 Å². The van der Waals surface area contributed by atoms with Crippen LogP contribution >= 0.6 is 0 Å². The SMILES string of the molecule is CCC(C(=O)Nc1ccc(F)cc1F)N(c1cccc(C)c1)S(C)(=O)=O. The topological polar surface area (TPSA) is 66.5 Å². The first-order chi connectivity index (χ1) is 12.1. The number of nitrogens with zero attached hydrogens (tertiary/aromatic N) is 1. The molecule has 0 aromatic heterocycles. The van der Waals surface area contributed by atoms with Crippen molar-refractivity contribution in [1.29, 1.82) is 0 Å². The zero-order valence-corrected chi connectivity index (χ0v) is 15.5. The molecular weight excluding hydrogens is 362 g/mol. The zero-order chi connectivity index (χ0) is 19.5. The summed E-state index contributed by atoms with van der Waals surface area (Å²) in [6.07, 6.45) is 1.17. The summed E-state index contributed by atoms with van der Waals surface area (Å²) in [5, 5.41) is 2.34. The van der Waals surface area contributed by atoms with Crippen molar-refractivity contribution in [1.82, 2.24) is 0 Å². The highest BCUT2D eigenvalue weighted by Gasteiger charge is 2.31. The number of halogens is 2. The number of carbonyl (C=O) groups excluding carboxylic acids is 1. The Bertz CT molecular complexity index is 916. The van der Waals surface area contributed by atoms with Crippen molar-refractivity contribution in [3.63, 3.8) is 0 Å². The molecular formula is C18H20F2N2O3S. The molecule has 0 radical (unpaired) electrons. The van der Waals surface area contributed by atoms with Gasteiger partial charge in [0.05, 0.1) is 17.6 Å². The van der Waals surface area contributed by atoms with Gasteiger partial charge in [-0.05, 0) is 43.2 Å². The third-order valence-electron chi connectivity index (χ3n) is 3.77. The summed E-state index contributed by atoms with van der Waals surface area (Å²) in [4.78, 5) is 12.6. The maximum Gasteiger partial charge on any atom is 0.248 e. The maximum atomic E-state index is 13.8. The molecule has 0 aliphatic carbocycles. The van der Waals surface area contributed by atoms with Crippen molar-refractivity contribution in [2.75, 3.05) is 15.9 Å². The minimum absolute atomic E-state index is 0.162. The number of sulfonamides is 1. The Balaban J connectivity index is 2.40. The molecule has 26 heavy (non-hydrogen) atoms. The predicted molar refractivity (Wildman–Crippen MR) is 97.6 cm³/mol. The lowest BCUT2D eigenvalue weighted by Gasteiger charge is -2.30. The molecule has 2 aromatic carbocycles. The molecule has 0 heterocycles. The lowest BCUT2D eigenvalue weighted by Crippen LogP contribution is -2.47. The van der Waals surface area contributed by atoms with E-state index >= 15 is 0 Å². The van der Waals surface area contributed by atoms with Crippen LogP contribution in [0.15, 0.2) is 42.5 Å². The molecule has 0 fully saturated rings. The first kappa shape index (κ1) is 19.8. The minimum Gasteiger partial charge on any atom is -0.322 e. The first-order valence-electron chi connectivity index (χ1n) is 7.95. The Kier molecular flexibility index (Phi) is 5.97. The molecule has 2 rings (SSSR count). The summed E-state index contributed by atoms with van der Waals surface area (Å²) in [5.41, 5.74) is 0.956. The Morgan fingerprint density at radius 2 is 1.88 bits per heavy atom. The number of carbonyl (C=O) groups is 1. The molecule has 140 valence electrons. The summed E-state index contributed by atoms with van der Waals surface area (Å²) < 4.78 is 52.5. The molecule has 0 aliphatic heterocycles. The molecule has 0 saturated heterocycles. The molecule has 1 atom stereocenters. The van der Waals surface area contributed by atoms with Crippen molar-refractivity contribution in [3.05, 3.63) is 59.7 Å². The molecule has 8 heteroatoms. The van der Waals surface area contributed by atoms with E-state index in [-0.39, 0.29) is 12.1 Å². The highest BCUT2D eigenvalue weighted by atomic mass is 32.2. The van der Waals surface area contributed by atoms with Gasteiger partial charge in [-0.1, -0.05) is 19.1 Å². The minimum atomic E-state index is -3.78. The van der Waals surface area contributed by atoms with Crippen LogP contribution in [0.3, 0.4) is 0 Å². The third-order valence-corrected chi connectivity index (χ3v) is 4.95. The molecule has 5 nitrogen and oxygen atoms in total. The Morgan fingerprint density at radius 3 is 2.42 bits per heavy atom. The van der Waals surface area contributed by atoms with Crippen molar-refractivity contribution in [2.24, 2.45) is 0 Å². The number of anilines is 2. The second kappa shape index (κ2) is 7.82. The highest BCUT2D eigenvalue weighted by Crippen LogP contribution is 2.25. The molecule has 0 saturated carbocycles. The van der Waals surface area contributed by atoms with E-state index in [0.717, 1.165) is 28.3 Å². The van der Waals surface area contributed by atoms with Gasteiger partial charge in [0, 0.05) is 6.07 Å². The van der Waals surface area contributed by atoms with E-state index in [9.17, 15) is 22.0 Å². The number of hydrogen-bond donors (Lipinski definition) is 1. The predicted octanol–water partition coefficient (Wildman–Crippen LogP) is 3.46. The van der Waals surface area contributed by atoms with Crippen molar-refractivity contribution < 1.29 is 22.0 Å². The van der Waals surface area contributed by atoms with Crippen LogP contribution in [0.25, 0.3) is 0 Å². The fraction of sp³-hybridized carbons (Fsp3) is 0.278. The highest BCUT2D eigenvalue weighted by molar-refractivity contribution is 7.92. The van der Waals surface area contributed by atoms with Crippen LogP contribution in [0.4, 0.5) is 20.2 Å². The normalized spacial score (nSPS) is 12.5. The van der Waals surface area contributed by atoms with Crippen LogP contribution in [0, 0.1) is 18.6 Å². The second-order valence-electron chi connectivity index (χ2n) is 5.94. The number of rotatable bonds is 6. The fourth-order valence-electron chi connectivity index (χ4n) is 2.63. The number of hydrogen-bond acceptors (Lipinski definition) is 3. The van der Waals surface area contributed by atoms with Gasteiger partial charge in [-0.2, -0.15) is 0 Å². The Morgan fingerprint density at radius 1 is 1.19 bits per heavy atom. The third kappa shape index (κ3) is 4.57. The zero-order valence-electron chi connectivity index (χ0n) is 14.7. The largest absolute Gasteiger partial charge is 0.322 e. The van der Waals surface area contributed by atoms with Gasteiger partial charge in [-0.3, -0.25) is 9.10 Å². The Labute approximate surface area is 151 Å². The molecule has 0 aliphatic rings. The van der Waals surface area contributed by atoms with Crippen LogP contribution in [0.1, 0.15) is 18.9 Å². The van der Waals surface area contributed by atoms with Crippen LogP contribution in [-0.4, -0.2) is 26.6 Å². The number of nitrogens with one attached hydrogen (secondary N) is 1. The van der Waals surface area contributed by atoms with Gasteiger partial charge >= 0.3 is 0 Å². The smallest absolute Gasteiger partial charge is 0.248 e. The number of aryl methyl sites for hydroxylation is 1. The van der Waals surface area contributed by atoms with E-state index in [1.165, 1.54) is 0 Å². The first-order valence-corrected chi connectivity index (χ1v) is 9.80. The van der Waals surface area contributed by atoms with E-state index in [1.54, 1.807) is 38.1 Å². The van der Waals surface area contributed by atoms with E-state index in [1.807, 2.05) is 0 Å². The van der Waals surface area contributed by atoms with E-state index in [4.69, 9.17) is 0 Å². The average Bonchev–Trinajstić information content (AvgIpc) is 2.53. The fourth-order valence-corrected chi connectivity index (χ4v) is 3.84. The standard InChI is InChI=1S/C18H20F2N2O3S/c1-4-17(18(23)21-16-9-8-13(19)11-15(16)20)22(26(3,24)25)14-7-5-6-12(2)10-14/h5-11,17H,4H2,1-3H3,(H,21,23). The second-order valence-corrected chi connectivity index (χ2v) is 7.79. The molecule has 1 unspecified atom stereocenters. The van der Waals surface area contributed by atoms with E-state index < -0.39 is 33.6 Å². The lowest BCUT2D eigenvalue weighted by atomic mass is 10.1. The number of amides is 1. The average molecular weight is 382 g/mol. The van der Waals surface area contributed by atoms with Crippen LogP contribution < -0.4 is 9.62 Å². The van der Waals surface area contributed by atoms with Gasteiger partial charge in [0.2, 0.25) is 15.9 Å². The van der Waals surface area contributed by atoms with Gasteiger partial charge in [0.1, 0.15) is 17.7 Å². The quantitative estimate of drug-likeness (QED) is 0.832. The van der Waals surface area contributed by atoms with Crippen LogP contribution in [0.2, 0.25) is 0 Å². The van der Waals surface area contributed by atoms with Crippen molar-refractivity contribution in [2.45, 2.75) is 26.3 Å². The molecule has 0 spiro atoms. The molecule has 0 bridgehead atoms. The van der Waals surface area contributed by atoms with E-state index in [2.05, 4.69) is 5.32 Å². The summed E-state index contributed by atoms with van der Waals surface area (Å²) in [7, 11) is -3.78. The number of benzene rings is 2. The summed E-state index contributed by atoms with van der Waals surface area (Å²) >= 11 is 0. The maximum absolute atomic E-state index is 13.8. The summed E-state index contributed by atoms with van der Waals surface area (Å²) in [6, 6.07) is 8.38. The van der Waals surface area contributed by atoms with Gasteiger partial charge in [0.25, 0.3) is 0 Å². The van der Waals surface area contributed by atoms with Crippen LogP contribution in [-0.2, 0) is 14.8 Å². The van der Waals surface area contributed by atoms with Crippen molar-refractivity contribution in [3.8, 4) is 0 Å². The van der Waals surface area contributed by atoms with Gasteiger partial charge in [-0.15, -0.1) is 0 Å². The molecule has 2 aromatic rings. The van der Waals surface area contributed by atoms with Crippen molar-refractivity contribution >= 4 is 27.3 Å².